The van der Waals surface area contributed by atoms with Crippen molar-refractivity contribution in [3.05, 3.63) is 122 Å². The second kappa shape index (κ2) is 69.7. The SMILES string of the molecule is CC/C=C\C/C=C\C/C=C\C/C=C\C/C=C\C/C=C\C/C=C\C/C=C\C/C=C\CCCCCCCCCCCC(=O)OC(COC(=O)CCCCCCCCCCCCCCCCCCC/C=C\CCCCCCCCCC)COP(=O)([O-])OCC[N+](C)(C)C. The molecule has 0 fully saturated rings. The lowest BCUT2D eigenvalue weighted by molar-refractivity contribution is -0.870. The summed E-state index contributed by atoms with van der Waals surface area (Å²) < 4.78 is 34.4. The number of likely N-dealkylation sites (N-methyl/N-ethyl adjacent to an activating group) is 1. The fourth-order valence-electron chi connectivity index (χ4n) is 10.3. The van der Waals surface area contributed by atoms with Crippen molar-refractivity contribution in [3.63, 3.8) is 0 Å². The molecule has 0 aromatic rings. The summed E-state index contributed by atoms with van der Waals surface area (Å²) in [5.74, 6) is -0.835. The first-order chi connectivity index (χ1) is 44.0. The molecule has 0 bridgehead atoms. The minimum Gasteiger partial charge on any atom is -0.756 e. The Morgan fingerprint density at radius 1 is 0.356 bits per heavy atom. The standard InChI is InChI=1S/C80H140NO8P/c1-6-8-10-12-14-16-18-20-22-24-26-28-30-32-34-36-37-38-39-40-41-42-43-45-47-49-51-53-55-57-59-61-63-65-67-69-71-73-80(83)89-78(77-88-90(84,85)87-75-74-81(3,4)5)76-86-79(82)72-70-68-66-64-62-60-58-56-54-52-50-48-46-44-35-33-31-29-27-25-23-21-19-17-15-13-11-9-7-2/h8,10,14,16,20,22,25-28,32,34,37-38,40-41,43,45,49,51,78H,6-7,9,11-13,15,17-19,21,23-24,29-31,33,35-36,39,42,44,46-48,50,52-77H2,1-5H3/b10-8-,16-14-,22-20-,27-25-,28-26-,34-32-,38-37-,41-40-,45-43-,51-49-. The molecule has 0 N–H and O–H groups in total. The molecule has 0 radical (unpaired) electrons. The first kappa shape index (κ1) is 86.4. The van der Waals surface area contributed by atoms with E-state index in [0.717, 1.165) is 103 Å². The molecular formula is C80H140NO8P. The highest BCUT2D eigenvalue weighted by Crippen LogP contribution is 2.38. The molecule has 0 rings (SSSR count). The second-order valence-corrected chi connectivity index (χ2v) is 27.3. The van der Waals surface area contributed by atoms with Crippen molar-refractivity contribution < 1.29 is 42.1 Å². The third-order valence-corrected chi connectivity index (χ3v) is 16.9. The Kier molecular flexibility index (Phi) is 67.0. The predicted octanol–water partition coefficient (Wildman–Crippen LogP) is 24.0. The molecule has 0 spiro atoms. The number of rotatable bonds is 68. The van der Waals surface area contributed by atoms with Crippen LogP contribution in [0.25, 0.3) is 0 Å². The van der Waals surface area contributed by atoms with Crippen LogP contribution in [0.15, 0.2) is 122 Å². The van der Waals surface area contributed by atoms with Crippen molar-refractivity contribution in [2.75, 3.05) is 47.5 Å². The van der Waals surface area contributed by atoms with Crippen molar-refractivity contribution in [2.24, 2.45) is 0 Å². The highest BCUT2D eigenvalue weighted by molar-refractivity contribution is 7.45. The van der Waals surface area contributed by atoms with E-state index in [2.05, 4.69) is 135 Å². The van der Waals surface area contributed by atoms with Crippen LogP contribution < -0.4 is 4.89 Å². The number of carbonyl (C=O) groups is 2. The van der Waals surface area contributed by atoms with Gasteiger partial charge in [-0.1, -0.05) is 322 Å². The third kappa shape index (κ3) is 73.5. The molecule has 90 heavy (non-hydrogen) atoms. The van der Waals surface area contributed by atoms with Gasteiger partial charge >= 0.3 is 11.9 Å². The van der Waals surface area contributed by atoms with Crippen molar-refractivity contribution in [1.29, 1.82) is 0 Å². The molecule has 10 heteroatoms. The Bertz CT molecular complexity index is 1940. The number of ether oxygens (including phenoxy) is 2. The Hall–Kier alpha value is -3.59. The Balaban J connectivity index is 4.07. The molecule has 518 valence electrons. The zero-order chi connectivity index (χ0) is 65.5. The van der Waals surface area contributed by atoms with E-state index in [0.29, 0.717) is 17.4 Å². The minimum absolute atomic E-state index is 0.0361. The summed E-state index contributed by atoms with van der Waals surface area (Å²) in [5.41, 5.74) is 0. The van der Waals surface area contributed by atoms with E-state index >= 15 is 0 Å². The molecule has 9 nitrogen and oxygen atoms in total. The van der Waals surface area contributed by atoms with Gasteiger partial charge in [-0.2, -0.15) is 0 Å². The van der Waals surface area contributed by atoms with Crippen LogP contribution >= 0.6 is 7.82 Å². The molecule has 2 atom stereocenters. The van der Waals surface area contributed by atoms with Crippen LogP contribution in [-0.4, -0.2) is 70.0 Å². The summed E-state index contributed by atoms with van der Waals surface area (Å²) in [6.45, 7) is 4.15. The monoisotopic (exact) mass is 1270 g/mol. The number of carbonyl (C=O) groups excluding carboxylic acids is 2. The first-order valence-corrected chi connectivity index (χ1v) is 38.7. The maximum atomic E-state index is 12.9. The topological polar surface area (TPSA) is 111 Å². The van der Waals surface area contributed by atoms with E-state index in [1.807, 2.05) is 21.1 Å². The van der Waals surface area contributed by atoms with Crippen LogP contribution in [0.5, 0.6) is 0 Å². The number of quaternary nitrogens is 1. The van der Waals surface area contributed by atoms with Gasteiger partial charge < -0.3 is 27.9 Å². The van der Waals surface area contributed by atoms with Gasteiger partial charge in [-0.15, -0.1) is 0 Å². The highest BCUT2D eigenvalue weighted by Gasteiger charge is 2.22. The van der Waals surface area contributed by atoms with E-state index in [-0.39, 0.29) is 32.0 Å². The van der Waals surface area contributed by atoms with E-state index < -0.39 is 26.5 Å². The summed E-state index contributed by atoms with van der Waals surface area (Å²) in [5, 5.41) is 0. The van der Waals surface area contributed by atoms with Gasteiger partial charge in [0.1, 0.15) is 19.8 Å². The summed E-state index contributed by atoms with van der Waals surface area (Å²) >= 11 is 0. The average Bonchev–Trinajstić information content (AvgIpc) is 3.58. The Morgan fingerprint density at radius 2 is 0.633 bits per heavy atom. The summed E-state index contributed by atoms with van der Waals surface area (Å²) in [6, 6.07) is 0. The van der Waals surface area contributed by atoms with Crippen LogP contribution in [0.4, 0.5) is 0 Å². The maximum absolute atomic E-state index is 12.9. The third-order valence-electron chi connectivity index (χ3n) is 16.0. The minimum atomic E-state index is -4.65. The van der Waals surface area contributed by atoms with Crippen molar-refractivity contribution >= 4 is 19.8 Å². The number of nitrogens with zero attached hydrogens (tertiary/aromatic N) is 1. The number of phosphoric ester groups is 1. The molecule has 0 heterocycles. The van der Waals surface area contributed by atoms with Gasteiger partial charge in [0, 0.05) is 12.8 Å². The van der Waals surface area contributed by atoms with Crippen molar-refractivity contribution in [1.82, 2.24) is 0 Å². The molecule has 0 aliphatic heterocycles. The van der Waals surface area contributed by atoms with Crippen LogP contribution in [0.3, 0.4) is 0 Å². The van der Waals surface area contributed by atoms with Gasteiger partial charge in [0.25, 0.3) is 7.82 Å². The quantitative estimate of drug-likeness (QED) is 0.0195. The number of phosphoric acid groups is 1. The van der Waals surface area contributed by atoms with E-state index in [4.69, 9.17) is 18.5 Å². The Labute approximate surface area is 556 Å². The predicted molar refractivity (Wildman–Crippen MR) is 388 cm³/mol. The fraction of sp³-hybridized carbons (Fsp3) is 0.725. The molecule has 0 aliphatic carbocycles. The van der Waals surface area contributed by atoms with Gasteiger partial charge in [-0.3, -0.25) is 14.2 Å². The smallest absolute Gasteiger partial charge is 0.306 e. The second-order valence-electron chi connectivity index (χ2n) is 25.9. The van der Waals surface area contributed by atoms with Crippen LogP contribution in [0.2, 0.25) is 0 Å². The van der Waals surface area contributed by atoms with Crippen LogP contribution in [-0.2, 0) is 32.7 Å². The Morgan fingerprint density at radius 3 is 0.956 bits per heavy atom. The zero-order valence-electron chi connectivity index (χ0n) is 59.1. The lowest BCUT2D eigenvalue weighted by Crippen LogP contribution is -2.37. The molecule has 0 saturated carbocycles. The molecule has 0 amide bonds. The summed E-state index contributed by atoms with van der Waals surface area (Å²) in [7, 11) is 1.16. The molecule has 2 unspecified atom stereocenters. The highest BCUT2D eigenvalue weighted by atomic mass is 31.2. The number of unbranched alkanes of at least 4 members (excludes halogenated alkanes) is 34. The van der Waals surface area contributed by atoms with E-state index in [1.165, 1.54) is 186 Å². The number of hydrogen-bond donors (Lipinski definition) is 0. The van der Waals surface area contributed by atoms with Gasteiger partial charge in [-0.25, -0.2) is 0 Å². The number of hydrogen-bond acceptors (Lipinski definition) is 8. The van der Waals surface area contributed by atoms with Gasteiger partial charge in [-0.05, 0) is 109 Å². The lowest BCUT2D eigenvalue weighted by atomic mass is 10.0. The van der Waals surface area contributed by atoms with Crippen molar-refractivity contribution in [2.45, 2.75) is 328 Å². The van der Waals surface area contributed by atoms with Gasteiger partial charge in [0.15, 0.2) is 6.10 Å². The number of allylic oxidation sites excluding steroid dienone is 20. The molecule has 0 aromatic carbocycles. The molecule has 0 aromatic heterocycles. The largest absolute Gasteiger partial charge is 0.756 e. The summed E-state index contributed by atoms with van der Waals surface area (Å²) in [6.07, 6.45) is 100. The maximum Gasteiger partial charge on any atom is 0.306 e. The summed E-state index contributed by atoms with van der Waals surface area (Å²) in [4.78, 5) is 38.1. The number of esters is 2. The average molecular weight is 1270 g/mol. The van der Waals surface area contributed by atoms with Gasteiger partial charge in [0.05, 0.1) is 27.7 Å². The van der Waals surface area contributed by atoms with E-state index in [9.17, 15) is 19.0 Å². The zero-order valence-corrected chi connectivity index (χ0v) is 59.9. The van der Waals surface area contributed by atoms with Crippen LogP contribution in [0, 0.1) is 0 Å². The normalized spacial score (nSPS) is 13.8. The van der Waals surface area contributed by atoms with E-state index in [1.54, 1.807) is 0 Å². The first-order valence-electron chi connectivity index (χ1n) is 37.2. The van der Waals surface area contributed by atoms with Gasteiger partial charge in [0.2, 0.25) is 0 Å². The lowest BCUT2D eigenvalue weighted by Gasteiger charge is -2.28. The molecule has 0 saturated heterocycles. The van der Waals surface area contributed by atoms with Crippen LogP contribution in [0.1, 0.15) is 322 Å². The molecular weight excluding hydrogens is 1130 g/mol. The fourth-order valence-corrected chi connectivity index (χ4v) is 11.0. The van der Waals surface area contributed by atoms with Crippen molar-refractivity contribution in [3.8, 4) is 0 Å². The molecule has 0 aliphatic rings.